The van der Waals surface area contributed by atoms with Crippen LogP contribution in [-0.2, 0) is 16.1 Å². The molecular weight excluding hydrogens is 356 g/mol. The summed E-state index contributed by atoms with van der Waals surface area (Å²) in [7, 11) is 0. The molecule has 1 aromatic heterocycles. The Morgan fingerprint density at radius 1 is 1.14 bits per heavy atom. The predicted molar refractivity (Wildman–Crippen MR) is 108 cm³/mol. The largest absolute Gasteiger partial charge is 0.466 e. The van der Waals surface area contributed by atoms with Crippen LogP contribution in [0.4, 0.5) is 4.79 Å². The number of alkyl carbamates (subject to hydrolysis) is 1. The zero-order chi connectivity index (χ0) is 20.7. The number of hydrogen-bond acceptors (Lipinski definition) is 4. The Hall–Kier alpha value is -2.76. The molecule has 2 N–H and O–H groups in total. The Labute approximate surface area is 166 Å². The van der Waals surface area contributed by atoms with Crippen LogP contribution in [0.3, 0.4) is 0 Å². The first-order valence-electron chi connectivity index (χ1n) is 9.51. The second-order valence-electron chi connectivity index (χ2n) is 7.86. The van der Waals surface area contributed by atoms with Gasteiger partial charge in [-0.15, -0.1) is 0 Å². The van der Waals surface area contributed by atoms with Crippen LogP contribution in [0.1, 0.15) is 62.3 Å². The molecule has 0 aliphatic heterocycles. The van der Waals surface area contributed by atoms with Gasteiger partial charge in [-0.3, -0.25) is 4.79 Å². The lowest BCUT2D eigenvalue weighted by molar-refractivity contribution is -0.121. The van der Waals surface area contributed by atoms with E-state index < -0.39 is 11.7 Å². The van der Waals surface area contributed by atoms with Gasteiger partial charge >= 0.3 is 6.09 Å². The van der Waals surface area contributed by atoms with E-state index in [0.29, 0.717) is 13.0 Å². The van der Waals surface area contributed by atoms with E-state index in [2.05, 4.69) is 10.6 Å². The zero-order valence-corrected chi connectivity index (χ0v) is 17.3. The van der Waals surface area contributed by atoms with Gasteiger partial charge in [0, 0.05) is 18.5 Å². The van der Waals surface area contributed by atoms with E-state index in [9.17, 15) is 9.59 Å². The van der Waals surface area contributed by atoms with Gasteiger partial charge in [0.15, 0.2) is 0 Å². The van der Waals surface area contributed by atoms with Crippen molar-refractivity contribution in [3.8, 4) is 0 Å². The van der Waals surface area contributed by atoms with Crippen LogP contribution in [0.5, 0.6) is 0 Å². The van der Waals surface area contributed by atoms with E-state index in [1.807, 2.05) is 71.0 Å². The van der Waals surface area contributed by atoms with Crippen LogP contribution in [0.25, 0.3) is 0 Å². The zero-order valence-electron chi connectivity index (χ0n) is 17.3. The van der Waals surface area contributed by atoms with Crippen molar-refractivity contribution in [1.82, 2.24) is 10.6 Å². The van der Waals surface area contributed by atoms with E-state index in [0.717, 1.165) is 22.6 Å². The Kier molecular flexibility index (Phi) is 7.26. The molecule has 6 nitrogen and oxygen atoms in total. The SMILES string of the molecule is Cc1cc(CNC(=O)CCC(NC(=O)OC(C)(C)C)c2ccccc2)c(C)o1. The van der Waals surface area contributed by atoms with Crippen LogP contribution < -0.4 is 10.6 Å². The van der Waals surface area contributed by atoms with Crippen molar-refractivity contribution in [3.63, 3.8) is 0 Å². The molecule has 0 bridgehead atoms. The van der Waals surface area contributed by atoms with Gasteiger partial charge in [0.25, 0.3) is 0 Å². The maximum atomic E-state index is 12.3. The standard InChI is InChI=1S/C22H30N2O4/c1-15-13-18(16(2)27-15)14-23-20(25)12-11-19(17-9-7-6-8-10-17)24-21(26)28-22(3,4)5/h6-10,13,19H,11-12,14H2,1-5H3,(H,23,25)(H,24,26). The van der Waals surface area contributed by atoms with Gasteiger partial charge in [0.2, 0.25) is 5.91 Å². The number of hydrogen-bond donors (Lipinski definition) is 2. The first-order valence-corrected chi connectivity index (χ1v) is 9.51. The lowest BCUT2D eigenvalue weighted by Crippen LogP contribution is -2.35. The molecule has 0 spiro atoms. The lowest BCUT2D eigenvalue weighted by atomic mass is 10.0. The molecule has 0 aliphatic rings. The van der Waals surface area contributed by atoms with Crippen LogP contribution in [0, 0.1) is 13.8 Å². The molecular formula is C22H30N2O4. The molecule has 1 heterocycles. The molecule has 0 aliphatic carbocycles. The number of furan rings is 1. The smallest absolute Gasteiger partial charge is 0.408 e. The normalized spacial score (nSPS) is 12.3. The van der Waals surface area contributed by atoms with Crippen LogP contribution in [-0.4, -0.2) is 17.6 Å². The summed E-state index contributed by atoms with van der Waals surface area (Å²) in [5, 5.41) is 5.78. The Morgan fingerprint density at radius 2 is 1.82 bits per heavy atom. The third-order valence-corrected chi connectivity index (χ3v) is 4.17. The van der Waals surface area contributed by atoms with E-state index in [1.54, 1.807) is 0 Å². The molecule has 0 fully saturated rings. The first-order chi connectivity index (χ1) is 13.1. The van der Waals surface area contributed by atoms with Gasteiger partial charge in [-0.05, 0) is 52.7 Å². The molecule has 0 saturated heterocycles. The van der Waals surface area contributed by atoms with Crippen LogP contribution in [0.2, 0.25) is 0 Å². The number of ether oxygens (including phenoxy) is 1. The molecule has 1 aromatic carbocycles. The summed E-state index contributed by atoms with van der Waals surface area (Å²) < 4.78 is 10.8. The Balaban J connectivity index is 1.93. The molecule has 0 saturated carbocycles. The highest BCUT2D eigenvalue weighted by molar-refractivity contribution is 5.76. The molecule has 0 radical (unpaired) electrons. The number of carbonyl (C=O) groups excluding carboxylic acids is 2. The molecule has 152 valence electrons. The number of carbonyl (C=O) groups is 2. The average Bonchev–Trinajstić information content (AvgIpc) is 2.93. The lowest BCUT2D eigenvalue weighted by Gasteiger charge is -2.24. The second-order valence-corrected chi connectivity index (χ2v) is 7.86. The second kappa shape index (κ2) is 9.44. The van der Waals surface area contributed by atoms with Crippen molar-refractivity contribution in [2.45, 2.75) is 65.6 Å². The molecule has 2 aromatic rings. The van der Waals surface area contributed by atoms with Gasteiger partial charge in [0.05, 0.1) is 6.04 Å². The predicted octanol–water partition coefficient (Wildman–Crippen LogP) is 4.56. The van der Waals surface area contributed by atoms with E-state index >= 15 is 0 Å². The molecule has 1 unspecified atom stereocenters. The number of amides is 2. The Morgan fingerprint density at radius 3 is 2.39 bits per heavy atom. The van der Waals surface area contributed by atoms with Crippen molar-refractivity contribution in [2.75, 3.05) is 0 Å². The van der Waals surface area contributed by atoms with Crippen molar-refractivity contribution in [1.29, 1.82) is 0 Å². The number of benzene rings is 1. The highest BCUT2D eigenvalue weighted by atomic mass is 16.6. The van der Waals surface area contributed by atoms with E-state index in [4.69, 9.17) is 9.15 Å². The summed E-state index contributed by atoms with van der Waals surface area (Å²) in [6, 6.07) is 11.2. The summed E-state index contributed by atoms with van der Waals surface area (Å²) in [5.74, 6) is 1.56. The fraction of sp³-hybridized carbons (Fsp3) is 0.455. The minimum Gasteiger partial charge on any atom is -0.466 e. The molecule has 2 rings (SSSR count). The van der Waals surface area contributed by atoms with Crippen molar-refractivity contribution >= 4 is 12.0 Å². The van der Waals surface area contributed by atoms with Crippen molar-refractivity contribution < 1.29 is 18.7 Å². The van der Waals surface area contributed by atoms with Gasteiger partial charge in [-0.2, -0.15) is 0 Å². The highest BCUT2D eigenvalue weighted by Gasteiger charge is 2.21. The number of nitrogens with one attached hydrogen (secondary N) is 2. The number of rotatable bonds is 7. The molecule has 28 heavy (non-hydrogen) atoms. The monoisotopic (exact) mass is 386 g/mol. The van der Waals surface area contributed by atoms with Crippen LogP contribution >= 0.6 is 0 Å². The van der Waals surface area contributed by atoms with Gasteiger partial charge in [-0.1, -0.05) is 30.3 Å². The minimum absolute atomic E-state index is 0.0785. The highest BCUT2D eigenvalue weighted by Crippen LogP contribution is 2.20. The summed E-state index contributed by atoms with van der Waals surface area (Å²) in [4.78, 5) is 24.5. The fourth-order valence-electron chi connectivity index (χ4n) is 2.87. The third kappa shape index (κ3) is 7.10. The van der Waals surface area contributed by atoms with Crippen LogP contribution in [0.15, 0.2) is 40.8 Å². The topological polar surface area (TPSA) is 80.6 Å². The summed E-state index contributed by atoms with van der Waals surface area (Å²) in [6.45, 7) is 9.64. The quantitative estimate of drug-likeness (QED) is 0.731. The van der Waals surface area contributed by atoms with Crippen molar-refractivity contribution in [2.24, 2.45) is 0 Å². The summed E-state index contributed by atoms with van der Waals surface area (Å²) >= 11 is 0. The minimum atomic E-state index is -0.580. The maximum absolute atomic E-state index is 12.3. The maximum Gasteiger partial charge on any atom is 0.408 e. The number of aryl methyl sites for hydroxylation is 2. The average molecular weight is 386 g/mol. The van der Waals surface area contributed by atoms with Gasteiger partial charge < -0.3 is 19.8 Å². The van der Waals surface area contributed by atoms with E-state index in [-0.39, 0.29) is 18.4 Å². The Bertz CT molecular complexity index is 791. The molecule has 2 amide bonds. The fourth-order valence-corrected chi connectivity index (χ4v) is 2.87. The van der Waals surface area contributed by atoms with Gasteiger partial charge in [0.1, 0.15) is 17.1 Å². The molecule has 6 heteroatoms. The molecule has 1 atom stereocenters. The van der Waals surface area contributed by atoms with Crippen molar-refractivity contribution in [3.05, 3.63) is 59.0 Å². The first kappa shape index (κ1) is 21.5. The van der Waals surface area contributed by atoms with E-state index in [1.165, 1.54) is 0 Å². The third-order valence-electron chi connectivity index (χ3n) is 4.17. The summed E-state index contributed by atoms with van der Waals surface area (Å²) in [5.41, 5.74) is 1.32. The summed E-state index contributed by atoms with van der Waals surface area (Å²) in [6.07, 6.45) is 0.259. The van der Waals surface area contributed by atoms with Gasteiger partial charge in [-0.25, -0.2) is 4.79 Å².